The molecule has 0 N–H and O–H groups in total. The Morgan fingerprint density at radius 3 is 2.59 bits per heavy atom. The van der Waals surface area contributed by atoms with Gasteiger partial charge in [0.05, 0.1) is 7.11 Å². The second kappa shape index (κ2) is 5.68. The molecule has 0 aromatic heterocycles. The minimum absolute atomic E-state index is 0.0379. The zero-order valence-corrected chi connectivity index (χ0v) is 12.6. The summed E-state index contributed by atoms with van der Waals surface area (Å²) >= 11 is 0. The molecule has 0 spiro atoms. The predicted octanol–water partition coefficient (Wildman–Crippen LogP) is 4.66. The van der Waals surface area contributed by atoms with Gasteiger partial charge in [-0.1, -0.05) is 18.7 Å². The van der Waals surface area contributed by atoms with Gasteiger partial charge in [0.25, 0.3) is 0 Å². The third-order valence-electron chi connectivity index (χ3n) is 3.71. The summed E-state index contributed by atoms with van der Waals surface area (Å²) in [6, 6.07) is 12.3. The fraction of sp³-hybridized carbons (Fsp3) is 0.158. The minimum atomic E-state index is -0.244. The highest BCUT2D eigenvalue weighted by Crippen LogP contribution is 2.37. The average molecular weight is 296 g/mol. The minimum Gasteiger partial charge on any atom is -0.497 e. The summed E-state index contributed by atoms with van der Waals surface area (Å²) in [7, 11) is 1.59. The fourth-order valence-electron chi connectivity index (χ4n) is 2.57. The summed E-state index contributed by atoms with van der Waals surface area (Å²) in [5.74, 6) is 1.16. The molecule has 112 valence electrons. The van der Waals surface area contributed by atoms with E-state index >= 15 is 0 Å². The molecular weight excluding hydrogens is 279 g/mol. The van der Waals surface area contributed by atoms with E-state index in [1.54, 1.807) is 19.2 Å². The quantitative estimate of drug-likeness (QED) is 0.767. The van der Waals surface area contributed by atoms with Crippen molar-refractivity contribution in [1.29, 1.82) is 0 Å². The van der Waals surface area contributed by atoms with Gasteiger partial charge in [0, 0.05) is 11.1 Å². The molecule has 1 aliphatic heterocycles. The second-order valence-electron chi connectivity index (χ2n) is 5.25. The lowest BCUT2D eigenvalue weighted by molar-refractivity contribution is 0.265. The van der Waals surface area contributed by atoms with Gasteiger partial charge in [0.2, 0.25) is 0 Å². The first-order valence-electron chi connectivity index (χ1n) is 7.10. The van der Waals surface area contributed by atoms with Crippen LogP contribution in [0.2, 0.25) is 0 Å². The Hall–Kier alpha value is -2.55. The Bertz CT molecular complexity index is 745. The van der Waals surface area contributed by atoms with Crippen LogP contribution in [0.25, 0.3) is 11.3 Å². The van der Waals surface area contributed by atoms with Crippen LogP contribution in [-0.4, -0.2) is 13.2 Å². The number of rotatable bonds is 3. The van der Waals surface area contributed by atoms with Crippen LogP contribution >= 0.6 is 0 Å². The first-order chi connectivity index (χ1) is 10.6. The SMILES string of the molecule is C=C(OC)c1ccc2c(c1)C(c1ccc(F)cc1)=CC(C)O2. The zero-order valence-electron chi connectivity index (χ0n) is 12.6. The smallest absolute Gasteiger partial charge is 0.128 e. The van der Waals surface area contributed by atoms with Crippen LogP contribution in [0, 0.1) is 5.82 Å². The largest absolute Gasteiger partial charge is 0.497 e. The molecule has 0 aliphatic carbocycles. The number of halogens is 1. The number of fused-ring (bicyclic) bond motifs is 1. The molecule has 22 heavy (non-hydrogen) atoms. The Morgan fingerprint density at radius 1 is 1.18 bits per heavy atom. The Morgan fingerprint density at radius 2 is 1.91 bits per heavy atom. The summed E-state index contributed by atoms with van der Waals surface area (Å²) < 4.78 is 24.2. The zero-order chi connectivity index (χ0) is 15.7. The van der Waals surface area contributed by atoms with Crippen molar-refractivity contribution in [3.05, 3.63) is 77.6 Å². The molecule has 0 amide bonds. The summed E-state index contributed by atoms with van der Waals surface area (Å²) in [6.07, 6.45) is 2.00. The summed E-state index contributed by atoms with van der Waals surface area (Å²) in [5.41, 5.74) is 3.84. The maximum atomic E-state index is 13.2. The van der Waals surface area contributed by atoms with E-state index in [2.05, 4.69) is 6.58 Å². The van der Waals surface area contributed by atoms with Gasteiger partial charge < -0.3 is 9.47 Å². The van der Waals surface area contributed by atoms with E-state index in [-0.39, 0.29) is 11.9 Å². The van der Waals surface area contributed by atoms with Gasteiger partial charge >= 0.3 is 0 Å². The van der Waals surface area contributed by atoms with Crippen molar-refractivity contribution in [3.63, 3.8) is 0 Å². The van der Waals surface area contributed by atoms with Gasteiger partial charge in [-0.15, -0.1) is 0 Å². The van der Waals surface area contributed by atoms with Crippen molar-refractivity contribution in [2.24, 2.45) is 0 Å². The number of methoxy groups -OCH3 is 1. The normalized spacial score (nSPS) is 16.3. The monoisotopic (exact) mass is 296 g/mol. The van der Waals surface area contributed by atoms with Gasteiger partial charge in [-0.2, -0.15) is 0 Å². The fourth-order valence-corrected chi connectivity index (χ4v) is 2.57. The van der Waals surface area contributed by atoms with Crippen LogP contribution in [0.3, 0.4) is 0 Å². The number of ether oxygens (including phenoxy) is 2. The molecule has 0 saturated heterocycles. The molecule has 0 fully saturated rings. The Labute approximate surface area is 129 Å². The van der Waals surface area contributed by atoms with Gasteiger partial charge in [-0.05, 0) is 54.5 Å². The number of benzene rings is 2. The van der Waals surface area contributed by atoms with E-state index in [4.69, 9.17) is 9.47 Å². The highest BCUT2D eigenvalue weighted by atomic mass is 19.1. The lowest BCUT2D eigenvalue weighted by Crippen LogP contribution is -2.15. The van der Waals surface area contributed by atoms with Crippen molar-refractivity contribution in [1.82, 2.24) is 0 Å². The molecule has 3 rings (SSSR count). The van der Waals surface area contributed by atoms with E-state index in [0.29, 0.717) is 5.76 Å². The third-order valence-corrected chi connectivity index (χ3v) is 3.71. The van der Waals surface area contributed by atoms with Crippen LogP contribution in [0.1, 0.15) is 23.6 Å². The molecule has 0 saturated carbocycles. The molecular formula is C19H17FO2. The molecule has 1 unspecified atom stereocenters. The standard InChI is InChI=1S/C19H17FO2/c1-12-10-17(14-4-7-16(20)8-5-14)18-11-15(13(2)21-3)6-9-19(18)22-12/h4-12H,2H2,1,3H3. The first-order valence-corrected chi connectivity index (χ1v) is 7.10. The molecule has 1 aliphatic rings. The predicted molar refractivity (Wildman–Crippen MR) is 86.1 cm³/mol. The van der Waals surface area contributed by atoms with E-state index in [0.717, 1.165) is 28.0 Å². The van der Waals surface area contributed by atoms with E-state index in [1.165, 1.54) is 12.1 Å². The lowest BCUT2D eigenvalue weighted by Gasteiger charge is -2.24. The molecule has 0 bridgehead atoms. The van der Waals surface area contributed by atoms with Crippen LogP contribution in [0.15, 0.2) is 55.1 Å². The van der Waals surface area contributed by atoms with Crippen LogP contribution in [0.5, 0.6) is 5.75 Å². The van der Waals surface area contributed by atoms with Gasteiger partial charge in [0.1, 0.15) is 23.4 Å². The Balaban J connectivity index is 2.11. The van der Waals surface area contributed by atoms with E-state index in [1.807, 2.05) is 31.2 Å². The van der Waals surface area contributed by atoms with E-state index < -0.39 is 0 Å². The molecule has 1 atom stereocenters. The summed E-state index contributed by atoms with van der Waals surface area (Å²) in [6.45, 7) is 5.87. The van der Waals surface area contributed by atoms with Crippen molar-refractivity contribution in [2.45, 2.75) is 13.0 Å². The topological polar surface area (TPSA) is 18.5 Å². The number of hydrogen-bond acceptors (Lipinski definition) is 2. The highest BCUT2D eigenvalue weighted by molar-refractivity contribution is 5.85. The third kappa shape index (κ3) is 2.62. The highest BCUT2D eigenvalue weighted by Gasteiger charge is 2.20. The van der Waals surface area contributed by atoms with E-state index in [9.17, 15) is 4.39 Å². The maximum absolute atomic E-state index is 13.2. The van der Waals surface area contributed by atoms with Gasteiger partial charge in [-0.25, -0.2) is 4.39 Å². The average Bonchev–Trinajstić information content (AvgIpc) is 2.53. The molecule has 1 heterocycles. The van der Waals surface area contributed by atoms with Crippen LogP contribution < -0.4 is 4.74 Å². The second-order valence-corrected chi connectivity index (χ2v) is 5.25. The number of hydrogen-bond donors (Lipinski definition) is 0. The van der Waals surface area contributed by atoms with Crippen molar-refractivity contribution >= 4 is 11.3 Å². The molecule has 2 aromatic carbocycles. The lowest BCUT2D eigenvalue weighted by atomic mass is 9.92. The molecule has 2 nitrogen and oxygen atoms in total. The molecule has 3 heteroatoms. The van der Waals surface area contributed by atoms with Crippen molar-refractivity contribution < 1.29 is 13.9 Å². The summed E-state index contributed by atoms with van der Waals surface area (Å²) in [5, 5.41) is 0. The van der Waals surface area contributed by atoms with Gasteiger partial charge in [-0.3, -0.25) is 0 Å². The van der Waals surface area contributed by atoms with Crippen molar-refractivity contribution in [2.75, 3.05) is 7.11 Å². The molecule has 0 radical (unpaired) electrons. The first kappa shape index (κ1) is 14.4. The molecule has 2 aromatic rings. The summed E-state index contributed by atoms with van der Waals surface area (Å²) in [4.78, 5) is 0. The van der Waals surface area contributed by atoms with Gasteiger partial charge in [0.15, 0.2) is 0 Å². The van der Waals surface area contributed by atoms with Crippen molar-refractivity contribution in [3.8, 4) is 5.75 Å². The maximum Gasteiger partial charge on any atom is 0.128 e. The van der Waals surface area contributed by atoms with Crippen LogP contribution in [0.4, 0.5) is 4.39 Å². The van der Waals surface area contributed by atoms with Crippen LogP contribution in [-0.2, 0) is 4.74 Å². The Kier molecular flexibility index (Phi) is 3.72.